The van der Waals surface area contributed by atoms with Gasteiger partial charge in [0.15, 0.2) is 11.0 Å². The summed E-state index contributed by atoms with van der Waals surface area (Å²) in [6.07, 6.45) is 1.81. The maximum absolute atomic E-state index is 5.87. The van der Waals surface area contributed by atoms with E-state index in [9.17, 15) is 0 Å². The molecule has 0 fully saturated rings. The summed E-state index contributed by atoms with van der Waals surface area (Å²) in [5.41, 5.74) is 2.10. The molecular formula is C20H19N5O2S2. The first kappa shape index (κ1) is 19.4. The molecule has 3 heterocycles. The Morgan fingerprint density at radius 3 is 3.03 bits per heavy atom. The quantitative estimate of drug-likeness (QED) is 0.283. The second-order valence-corrected chi connectivity index (χ2v) is 7.94. The highest BCUT2D eigenvalue weighted by atomic mass is 32.2. The van der Waals surface area contributed by atoms with Crippen molar-refractivity contribution >= 4 is 23.1 Å². The van der Waals surface area contributed by atoms with Crippen LogP contribution in [0.25, 0.3) is 11.4 Å². The average Bonchev–Trinajstić information content (AvgIpc) is 3.46. The number of allylic oxidation sites excluding steroid dienone is 1. The molecule has 4 aromatic rings. The lowest BCUT2D eigenvalue weighted by atomic mass is 10.2. The molecule has 9 heteroatoms. The molecule has 0 atom stereocenters. The number of hydrogen-bond acceptors (Lipinski definition) is 8. The summed E-state index contributed by atoms with van der Waals surface area (Å²) >= 11 is 3.09. The van der Waals surface area contributed by atoms with E-state index in [1.54, 1.807) is 11.3 Å². The number of rotatable bonds is 9. The van der Waals surface area contributed by atoms with Crippen molar-refractivity contribution in [2.24, 2.45) is 0 Å². The Labute approximate surface area is 176 Å². The van der Waals surface area contributed by atoms with Crippen molar-refractivity contribution in [3.63, 3.8) is 0 Å². The normalized spacial score (nSPS) is 10.9. The molecule has 0 spiro atoms. The van der Waals surface area contributed by atoms with Crippen LogP contribution in [0.5, 0.6) is 5.75 Å². The molecule has 148 valence electrons. The molecule has 0 saturated heterocycles. The maximum Gasteiger partial charge on any atom is 0.237 e. The van der Waals surface area contributed by atoms with Crippen LogP contribution in [-0.4, -0.2) is 24.9 Å². The summed E-state index contributed by atoms with van der Waals surface area (Å²) in [6, 6.07) is 9.88. The fraction of sp³-hybridized carbons (Fsp3) is 0.200. The molecule has 0 aliphatic rings. The predicted octanol–water partition coefficient (Wildman–Crippen LogP) is 4.76. The zero-order valence-electron chi connectivity index (χ0n) is 15.8. The van der Waals surface area contributed by atoms with Crippen molar-refractivity contribution in [2.45, 2.75) is 31.0 Å². The summed E-state index contributed by atoms with van der Waals surface area (Å²) in [4.78, 5) is 4.44. The van der Waals surface area contributed by atoms with Crippen molar-refractivity contribution in [1.29, 1.82) is 0 Å². The molecule has 0 N–H and O–H groups in total. The van der Waals surface area contributed by atoms with Gasteiger partial charge in [0.2, 0.25) is 11.7 Å². The number of nitrogens with zero attached hydrogens (tertiary/aromatic N) is 5. The van der Waals surface area contributed by atoms with Crippen LogP contribution in [0.3, 0.4) is 0 Å². The van der Waals surface area contributed by atoms with Gasteiger partial charge in [-0.3, -0.25) is 4.57 Å². The van der Waals surface area contributed by atoms with Crippen LogP contribution in [0.2, 0.25) is 0 Å². The van der Waals surface area contributed by atoms with E-state index >= 15 is 0 Å². The minimum Gasteiger partial charge on any atom is -0.486 e. The van der Waals surface area contributed by atoms with Crippen LogP contribution in [0.1, 0.15) is 17.3 Å². The molecule has 0 amide bonds. The lowest BCUT2D eigenvalue weighted by Gasteiger charge is -2.09. The summed E-state index contributed by atoms with van der Waals surface area (Å²) in [6.45, 7) is 6.78. The summed E-state index contributed by atoms with van der Waals surface area (Å²) in [7, 11) is 0. The van der Waals surface area contributed by atoms with E-state index in [0.717, 1.165) is 27.9 Å². The number of hydrogen-bond donors (Lipinski definition) is 0. The lowest BCUT2D eigenvalue weighted by molar-refractivity contribution is 0.289. The zero-order valence-corrected chi connectivity index (χ0v) is 17.4. The van der Waals surface area contributed by atoms with Crippen LogP contribution >= 0.6 is 23.1 Å². The fourth-order valence-corrected chi connectivity index (χ4v) is 4.09. The second kappa shape index (κ2) is 9.06. The van der Waals surface area contributed by atoms with Gasteiger partial charge in [0.25, 0.3) is 0 Å². The first-order valence-corrected chi connectivity index (χ1v) is 10.9. The van der Waals surface area contributed by atoms with Crippen molar-refractivity contribution in [1.82, 2.24) is 24.9 Å². The van der Waals surface area contributed by atoms with Crippen LogP contribution in [0.4, 0.5) is 0 Å². The van der Waals surface area contributed by atoms with Gasteiger partial charge in [-0.1, -0.05) is 35.1 Å². The van der Waals surface area contributed by atoms with E-state index in [1.807, 2.05) is 58.7 Å². The number of thiophene rings is 1. The van der Waals surface area contributed by atoms with Crippen LogP contribution in [0, 0.1) is 6.92 Å². The third-order valence-corrected chi connectivity index (χ3v) is 5.67. The SMILES string of the molecule is C=CCn1c(COc2cccc(C)c2)nnc1SCc1nc(-c2ccsc2)no1. The highest BCUT2D eigenvalue weighted by molar-refractivity contribution is 7.98. The Kier molecular flexibility index (Phi) is 6.06. The van der Waals surface area contributed by atoms with Crippen molar-refractivity contribution in [3.8, 4) is 17.1 Å². The van der Waals surface area contributed by atoms with Gasteiger partial charge in [0.05, 0.1) is 5.75 Å². The van der Waals surface area contributed by atoms with Gasteiger partial charge in [-0.15, -0.1) is 16.8 Å². The Hall–Kier alpha value is -2.91. The zero-order chi connectivity index (χ0) is 20.1. The standard InChI is InChI=1S/C20H19N5O2S2/c1-3-8-25-17(11-26-16-6-4-5-14(2)10-16)22-23-20(25)29-13-18-21-19(24-27-18)15-7-9-28-12-15/h3-7,9-10,12H,1,8,11,13H2,2H3. The van der Waals surface area contributed by atoms with E-state index < -0.39 is 0 Å². The summed E-state index contributed by atoms with van der Waals surface area (Å²) in [5.74, 6) is 3.19. The van der Waals surface area contributed by atoms with E-state index in [4.69, 9.17) is 9.26 Å². The van der Waals surface area contributed by atoms with E-state index in [2.05, 4.69) is 26.9 Å². The molecule has 4 rings (SSSR count). The number of thioether (sulfide) groups is 1. The highest BCUT2D eigenvalue weighted by Gasteiger charge is 2.15. The van der Waals surface area contributed by atoms with Gasteiger partial charge in [0.1, 0.15) is 12.4 Å². The largest absolute Gasteiger partial charge is 0.486 e. The molecule has 0 radical (unpaired) electrons. The van der Waals surface area contributed by atoms with Crippen molar-refractivity contribution in [2.75, 3.05) is 0 Å². The third-order valence-electron chi connectivity index (χ3n) is 4.03. The molecule has 0 bridgehead atoms. The minimum atomic E-state index is 0.327. The van der Waals surface area contributed by atoms with Gasteiger partial charge in [-0.05, 0) is 36.1 Å². The molecule has 0 saturated carbocycles. The monoisotopic (exact) mass is 425 g/mol. The summed E-state index contributed by atoms with van der Waals surface area (Å²) in [5, 5.41) is 17.3. The number of ether oxygens (including phenoxy) is 1. The minimum absolute atomic E-state index is 0.327. The first-order chi connectivity index (χ1) is 14.2. The van der Waals surface area contributed by atoms with Gasteiger partial charge in [-0.25, -0.2) is 0 Å². The van der Waals surface area contributed by atoms with Crippen molar-refractivity contribution in [3.05, 3.63) is 71.0 Å². The van der Waals surface area contributed by atoms with E-state index in [-0.39, 0.29) is 0 Å². The van der Waals surface area contributed by atoms with Crippen LogP contribution in [-0.2, 0) is 18.9 Å². The Morgan fingerprint density at radius 1 is 1.31 bits per heavy atom. The second-order valence-electron chi connectivity index (χ2n) is 6.22. The van der Waals surface area contributed by atoms with Gasteiger partial charge in [0, 0.05) is 17.5 Å². The van der Waals surface area contributed by atoms with Gasteiger partial charge < -0.3 is 9.26 Å². The molecule has 7 nitrogen and oxygen atoms in total. The molecule has 1 aromatic carbocycles. The van der Waals surface area contributed by atoms with E-state index in [1.165, 1.54) is 11.8 Å². The molecule has 0 aliphatic carbocycles. The van der Waals surface area contributed by atoms with E-state index in [0.29, 0.717) is 30.6 Å². The van der Waals surface area contributed by atoms with Crippen molar-refractivity contribution < 1.29 is 9.26 Å². The Bertz CT molecular complexity index is 1090. The molecule has 3 aromatic heterocycles. The molecule has 29 heavy (non-hydrogen) atoms. The number of aromatic nitrogens is 5. The topological polar surface area (TPSA) is 78.9 Å². The Balaban J connectivity index is 1.43. The fourth-order valence-electron chi connectivity index (χ4n) is 2.65. The number of benzene rings is 1. The maximum atomic E-state index is 5.87. The Morgan fingerprint density at radius 2 is 2.24 bits per heavy atom. The van der Waals surface area contributed by atoms with Crippen LogP contribution in [0.15, 0.2) is 63.4 Å². The predicted molar refractivity (Wildman–Crippen MR) is 113 cm³/mol. The highest BCUT2D eigenvalue weighted by Crippen LogP contribution is 2.24. The third kappa shape index (κ3) is 4.75. The molecule has 0 unspecified atom stereocenters. The van der Waals surface area contributed by atoms with Gasteiger partial charge >= 0.3 is 0 Å². The first-order valence-electron chi connectivity index (χ1n) is 8.93. The van der Waals surface area contributed by atoms with Gasteiger partial charge in [-0.2, -0.15) is 16.3 Å². The molecule has 0 aliphatic heterocycles. The van der Waals surface area contributed by atoms with Crippen LogP contribution < -0.4 is 4.74 Å². The molecular weight excluding hydrogens is 406 g/mol. The summed E-state index contributed by atoms with van der Waals surface area (Å²) < 4.78 is 13.2. The average molecular weight is 426 g/mol. The number of aryl methyl sites for hydroxylation is 1. The smallest absolute Gasteiger partial charge is 0.237 e. The lowest BCUT2D eigenvalue weighted by Crippen LogP contribution is -2.07.